The number of hydrogen-bond donors (Lipinski definition) is 1. The molecule has 1 rings (SSSR count). The number of benzene rings is 1. The Kier molecular flexibility index (Phi) is 7.24. The molecule has 1 aromatic carbocycles. The van der Waals surface area contributed by atoms with Gasteiger partial charge < -0.3 is 14.8 Å². The molecule has 0 fully saturated rings. The van der Waals surface area contributed by atoms with E-state index < -0.39 is 0 Å². The van der Waals surface area contributed by atoms with E-state index in [-0.39, 0.29) is 6.10 Å². The topological polar surface area (TPSA) is 30.5 Å². The average molecular weight is 330 g/mol. The van der Waals surface area contributed by atoms with Crippen LogP contribution in [0.15, 0.2) is 22.7 Å². The van der Waals surface area contributed by atoms with Crippen molar-refractivity contribution in [3.05, 3.63) is 22.7 Å². The molecule has 0 bridgehead atoms. The molecule has 1 aromatic rings. The molecular weight excluding hydrogens is 306 g/mol. The summed E-state index contributed by atoms with van der Waals surface area (Å²) in [6.45, 7) is 7.33. The van der Waals surface area contributed by atoms with E-state index in [1.165, 1.54) is 0 Å². The summed E-state index contributed by atoms with van der Waals surface area (Å²) in [4.78, 5) is 0. The highest BCUT2D eigenvalue weighted by Crippen LogP contribution is 2.30. The zero-order chi connectivity index (χ0) is 14.3. The zero-order valence-corrected chi connectivity index (χ0v) is 13.8. The molecule has 0 spiro atoms. The third-order valence-corrected chi connectivity index (χ3v) is 3.42. The van der Waals surface area contributed by atoms with Crippen molar-refractivity contribution in [1.29, 1.82) is 0 Å². The molecule has 0 aliphatic heterocycles. The van der Waals surface area contributed by atoms with Crippen molar-refractivity contribution < 1.29 is 9.47 Å². The van der Waals surface area contributed by atoms with Gasteiger partial charge in [0.25, 0.3) is 0 Å². The number of hydrogen-bond acceptors (Lipinski definition) is 3. The highest BCUT2D eigenvalue weighted by Gasteiger charge is 2.12. The molecular formula is C15H24BrNO2. The maximum Gasteiger partial charge on any atom is 0.134 e. The molecule has 3 nitrogen and oxygen atoms in total. The SMILES string of the molecule is CCCC(CNC(C)C)Oc1ccc(OC)cc1Br. The standard InChI is InChI=1S/C15H24BrNO2/c1-5-6-13(10-17-11(2)3)19-15-8-7-12(18-4)9-14(15)16/h7-9,11,13,17H,5-6,10H2,1-4H3. The Hall–Kier alpha value is -0.740. The van der Waals surface area contributed by atoms with Gasteiger partial charge in [-0.2, -0.15) is 0 Å². The summed E-state index contributed by atoms with van der Waals surface area (Å²) < 4.78 is 12.2. The summed E-state index contributed by atoms with van der Waals surface area (Å²) in [7, 11) is 1.66. The van der Waals surface area contributed by atoms with Crippen LogP contribution in [0.25, 0.3) is 0 Å². The third-order valence-electron chi connectivity index (χ3n) is 2.80. The van der Waals surface area contributed by atoms with Crippen molar-refractivity contribution >= 4 is 15.9 Å². The molecule has 0 saturated heterocycles. The van der Waals surface area contributed by atoms with E-state index in [2.05, 4.69) is 42.0 Å². The first-order valence-electron chi connectivity index (χ1n) is 6.80. The quantitative estimate of drug-likeness (QED) is 0.781. The van der Waals surface area contributed by atoms with Crippen molar-refractivity contribution in [3.63, 3.8) is 0 Å². The fraction of sp³-hybridized carbons (Fsp3) is 0.600. The molecule has 4 heteroatoms. The number of nitrogens with one attached hydrogen (secondary N) is 1. The molecule has 0 saturated carbocycles. The lowest BCUT2D eigenvalue weighted by molar-refractivity contribution is 0.182. The van der Waals surface area contributed by atoms with Crippen LogP contribution >= 0.6 is 15.9 Å². The van der Waals surface area contributed by atoms with Gasteiger partial charge in [0.15, 0.2) is 0 Å². The van der Waals surface area contributed by atoms with Crippen molar-refractivity contribution in [3.8, 4) is 11.5 Å². The van der Waals surface area contributed by atoms with Crippen LogP contribution in [-0.4, -0.2) is 25.8 Å². The van der Waals surface area contributed by atoms with E-state index >= 15 is 0 Å². The summed E-state index contributed by atoms with van der Waals surface area (Å²) in [5, 5.41) is 3.43. The van der Waals surface area contributed by atoms with Gasteiger partial charge >= 0.3 is 0 Å². The Labute approximate surface area is 124 Å². The molecule has 108 valence electrons. The second kappa shape index (κ2) is 8.43. The van der Waals surface area contributed by atoms with Gasteiger partial charge in [-0.3, -0.25) is 0 Å². The van der Waals surface area contributed by atoms with Crippen LogP contribution in [0.2, 0.25) is 0 Å². The Morgan fingerprint density at radius 2 is 2.05 bits per heavy atom. The van der Waals surface area contributed by atoms with E-state index in [9.17, 15) is 0 Å². The Balaban J connectivity index is 2.67. The molecule has 0 amide bonds. The molecule has 0 radical (unpaired) electrons. The fourth-order valence-electron chi connectivity index (χ4n) is 1.78. The molecule has 19 heavy (non-hydrogen) atoms. The van der Waals surface area contributed by atoms with Crippen molar-refractivity contribution in [1.82, 2.24) is 5.32 Å². The maximum atomic E-state index is 6.07. The van der Waals surface area contributed by atoms with Gasteiger partial charge in [0, 0.05) is 12.6 Å². The lowest BCUT2D eigenvalue weighted by Gasteiger charge is -2.21. The average Bonchev–Trinajstić information content (AvgIpc) is 2.38. The van der Waals surface area contributed by atoms with E-state index in [4.69, 9.17) is 9.47 Å². The van der Waals surface area contributed by atoms with Gasteiger partial charge in [0.2, 0.25) is 0 Å². The Morgan fingerprint density at radius 1 is 1.32 bits per heavy atom. The van der Waals surface area contributed by atoms with Gasteiger partial charge in [-0.25, -0.2) is 0 Å². The van der Waals surface area contributed by atoms with Crippen molar-refractivity contribution in [2.24, 2.45) is 0 Å². The first-order chi connectivity index (χ1) is 9.06. The molecule has 0 heterocycles. The van der Waals surface area contributed by atoms with E-state index in [1.54, 1.807) is 7.11 Å². The van der Waals surface area contributed by atoms with Gasteiger partial charge in [-0.05, 0) is 40.5 Å². The number of halogens is 1. The van der Waals surface area contributed by atoms with Crippen LogP contribution in [-0.2, 0) is 0 Å². The first-order valence-corrected chi connectivity index (χ1v) is 7.59. The molecule has 0 aliphatic carbocycles. The third kappa shape index (κ3) is 5.83. The Bertz CT molecular complexity index is 382. The second-order valence-electron chi connectivity index (χ2n) is 4.89. The minimum Gasteiger partial charge on any atom is -0.497 e. The summed E-state index contributed by atoms with van der Waals surface area (Å²) >= 11 is 3.52. The monoisotopic (exact) mass is 329 g/mol. The summed E-state index contributed by atoms with van der Waals surface area (Å²) in [5.74, 6) is 1.69. The van der Waals surface area contributed by atoms with Crippen LogP contribution in [0.5, 0.6) is 11.5 Å². The van der Waals surface area contributed by atoms with Gasteiger partial charge in [-0.15, -0.1) is 0 Å². The summed E-state index contributed by atoms with van der Waals surface area (Å²) in [6.07, 6.45) is 2.34. The normalized spacial score (nSPS) is 12.5. The van der Waals surface area contributed by atoms with E-state index in [0.29, 0.717) is 6.04 Å². The molecule has 0 aliphatic rings. The van der Waals surface area contributed by atoms with E-state index in [0.717, 1.165) is 35.4 Å². The highest BCUT2D eigenvalue weighted by molar-refractivity contribution is 9.10. The number of rotatable bonds is 8. The number of ether oxygens (including phenoxy) is 2. The first kappa shape index (κ1) is 16.3. The largest absolute Gasteiger partial charge is 0.497 e. The van der Waals surface area contributed by atoms with Crippen LogP contribution < -0.4 is 14.8 Å². The van der Waals surface area contributed by atoms with Crippen molar-refractivity contribution in [2.75, 3.05) is 13.7 Å². The Morgan fingerprint density at radius 3 is 2.58 bits per heavy atom. The fourth-order valence-corrected chi connectivity index (χ4v) is 2.23. The van der Waals surface area contributed by atoms with Gasteiger partial charge in [0.1, 0.15) is 17.6 Å². The van der Waals surface area contributed by atoms with Gasteiger partial charge in [0.05, 0.1) is 11.6 Å². The lowest BCUT2D eigenvalue weighted by Crippen LogP contribution is -2.35. The van der Waals surface area contributed by atoms with Crippen molar-refractivity contribution in [2.45, 2.75) is 45.8 Å². The van der Waals surface area contributed by atoms with Crippen LogP contribution in [0, 0.1) is 0 Å². The summed E-state index contributed by atoms with van der Waals surface area (Å²) in [6, 6.07) is 6.26. The van der Waals surface area contributed by atoms with E-state index in [1.807, 2.05) is 18.2 Å². The van der Waals surface area contributed by atoms with Gasteiger partial charge in [-0.1, -0.05) is 27.2 Å². The minimum absolute atomic E-state index is 0.192. The lowest BCUT2D eigenvalue weighted by atomic mass is 10.2. The summed E-state index contributed by atoms with van der Waals surface area (Å²) in [5.41, 5.74) is 0. The highest BCUT2D eigenvalue weighted by atomic mass is 79.9. The molecule has 1 unspecified atom stereocenters. The van der Waals surface area contributed by atoms with Crippen LogP contribution in [0.1, 0.15) is 33.6 Å². The second-order valence-corrected chi connectivity index (χ2v) is 5.74. The maximum absolute atomic E-state index is 6.07. The smallest absolute Gasteiger partial charge is 0.134 e. The molecule has 1 atom stereocenters. The molecule has 1 N–H and O–H groups in total. The minimum atomic E-state index is 0.192. The van der Waals surface area contributed by atoms with Crippen LogP contribution in [0.3, 0.4) is 0 Å². The number of methoxy groups -OCH3 is 1. The predicted octanol–water partition coefficient (Wildman–Crippen LogP) is 4.00. The zero-order valence-electron chi connectivity index (χ0n) is 12.2. The molecule has 0 aromatic heterocycles. The predicted molar refractivity (Wildman–Crippen MR) is 83.2 cm³/mol. The van der Waals surface area contributed by atoms with Crippen LogP contribution in [0.4, 0.5) is 0 Å².